The van der Waals surface area contributed by atoms with Crippen molar-refractivity contribution in [3.8, 4) is 45.6 Å². The zero-order valence-corrected chi connectivity index (χ0v) is 74.5. The van der Waals surface area contributed by atoms with Gasteiger partial charge in [-0.3, -0.25) is 4.79 Å². The average Bonchev–Trinajstić information content (AvgIpc) is 0.712. The van der Waals surface area contributed by atoms with Gasteiger partial charge in [0, 0.05) is 16.5 Å². The Bertz CT molecular complexity index is 5350. The number of rotatable bonds is 13. The quantitative estimate of drug-likeness (QED) is 0.0852. The zero-order valence-electron chi connectivity index (χ0n) is 74.5. The number of halogens is 6. The molecule has 119 heavy (non-hydrogen) atoms. The molecule has 0 bridgehead atoms. The van der Waals surface area contributed by atoms with Gasteiger partial charge < -0.3 is 14.2 Å². The normalized spacial score (nSPS) is 11.2. The molecule has 0 saturated carbocycles. The van der Waals surface area contributed by atoms with E-state index in [1.807, 2.05) is 98.8 Å². The van der Waals surface area contributed by atoms with E-state index in [1.165, 1.54) is 148 Å². The summed E-state index contributed by atoms with van der Waals surface area (Å²) < 4.78 is 102. The number of alkyl halides is 6. The van der Waals surface area contributed by atoms with Gasteiger partial charge in [-0.05, 0) is 418 Å². The summed E-state index contributed by atoms with van der Waals surface area (Å²) in [4.78, 5) is 12.4. The van der Waals surface area contributed by atoms with Crippen LogP contribution in [0.2, 0.25) is 0 Å². The van der Waals surface area contributed by atoms with Crippen LogP contribution in [0, 0.1) is 166 Å². The van der Waals surface area contributed by atoms with Gasteiger partial charge in [-0.15, -0.1) is 0 Å². The molecule has 0 N–H and O–H groups in total. The first kappa shape index (κ1) is 93.0. The molecule has 13 aromatic rings. The third-order valence-electron chi connectivity index (χ3n) is 23.5. The molecular formula is C109H118F6O4. The van der Waals surface area contributed by atoms with Gasteiger partial charge in [0.15, 0.2) is 5.78 Å². The van der Waals surface area contributed by atoms with Crippen LogP contribution in [0.15, 0.2) is 243 Å². The van der Waals surface area contributed by atoms with Crippen LogP contribution >= 0.6 is 0 Å². The maximum absolute atomic E-state index is 14.0. The molecule has 0 atom stereocenters. The summed E-state index contributed by atoms with van der Waals surface area (Å²) >= 11 is 0. The van der Waals surface area contributed by atoms with E-state index < -0.39 is 28.9 Å². The lowest BCUT2D eigenvalue weighted by molar-refractivity contribution is -0.288. The van der Waals surface area contributed by atoms with E-state index in [4.69, 9.17) is 14.2 Å². The largest absolute Gasteiger partial charge is 0.457 e. The van der Waals surface area contributed by atoms with Gasteiger partial charge in [0.1, 0.15) is 34.5 Å². The van der Waals surface area contributed by atoms with Crippen LogP contribution in [-0.2, 0) is 10.8 Å². The van der Waals surface area contributed by atoms with E-state index in [9.17, 15) is 31.1 Å². The SMILES string of the molecule is Cc1cc(C)c(C)cc1C.Cc1ccc(-c2ccc(C)c(C)c2)cc1C.Cc1ccc(C(=O)c2ccc(C)c(C)c2)cc1C.Cc1ccc(C(c2ccc(C)c(C)c2)(C(F)(F)F)C(F)(F)F)cc1C.Cc1ccc(Oc2ccc(C(C)(C)c3ccc(Oc4ccc(C)c(C)c4)cc3)cc2)cc1C.Cc1ccc(Oc2ccc(C)c(C)c2)cc1C. The van der Waals surface area contributed by atoms with E-state index in [0.717, 1.165) is 81.0 Å². The highest BCUT2D eigenvalue weighted by Crippen LogP contribution is 2.57. The first-order valence-electron chi connectivity index (χ1n) is 40.5. The molecule has 0 aromatic heterocycles. The highest BCUT2D eigenvalue weighted by atomic mass is 19.4. The van der Waals surface area contributed by atoms with Gasteiger partial charge in [0.25, 0.3) is 0 Å². The summed E-state index contributed by atoms with van der Waals surface area (Å²) in [5.74, 6) is 5.31. The summed E-state index contributed by atoms with van der Waals surface area (Å²) in [5.41, 5.74) is 28.6. The predicted molar refractivity (Wildman–Crippen MR) is 485 cm³/mol. The van der Waals surface area contributed by atoms with Crippen LogP contribution in [0.4, 0.5) is 26.3 Å². The molecule has 0 radical (unpaired) electrons. The Labute approximate surface area is 705 Å². The van der Waals surface area contributed by atoms with E-state index in [-0.39, 0.29) is 11.2 Å². The lowest BCUT2D eigenvalue weighted by Gasteiger charge is -2.38. The van der Waals surface area contributed by atoms with Crippen molar-refractivity contribution in [3.63, 3.8) is 0 Å². The summed E-state index contributed by atoms with van der Waals surface area (Å²) in [6, 6.07) is 77.4. The van der Waals surface area contributed by atoms with E-state index in [2.05, 4.69) is 260 Å². The molecule has 10 heteroatoms. The summed E-state index contributed by atoms with van der Waals surface area (Å²) in [7, 11) is 0. The second-order valence-corrected chi connectivity index (χ2v) is 32.9. The Morgan fingerprint density at radius 2 is 0.395 bits per heavy atom. The number of hydrogen-bond donors (Lipinski definition) is 0. The van der Waals surface area contributed by atoms with Crippen LogP contribution in [0.1, 0.15) is 186 Å². The Morgan fingerprint density at radius 1 is 0.202 bits per heavy atom. The highest BCUT2D eigenvalue weighted by molar-refractivity contribution is 6.09. The molecule has 0 aliphatic heterocycles. The van der Waals surface area contributed by atoms with Crippen molar-refractivity contribution in [1.29, 1.82) is 0 Å². The molecular weight excluding hydrogens is 1490 g/mol. The van der Waals surface area contributed by atoms with Crippen molar-refractivity contribution >= 4 is 5.78 Å². The second-order valence-electron chi connectivity index (χ2n) is 32.9. The third-order valence-corrected chi connectivity index (χ3v) is 23.5. The Hall–Kier alpha value is -11.5. The molecule has 0 unspecified atom stereocenters. The van der Waals surface area contributed by atoms with Gasteiger partial charge in [0.05, 0.1) is 0 Å². The fourth-order valence-electron chi connectivity index (χ4n) is 13.4. The van der Waals surface area contributed by atoms with Crippen LogP contribution in [0.5, 0.6) is 34.5 Å². The van der Waals surface area contributed by atoms with Crippen molar-refractivity contribution in [2.24, 2.45) is 0 Å². The molecule has 0 fully saturated rings. The van der Waals surface area contributed by atoms with Crippen molar-refractivity contribution in [2.75, 3.05) is 0 Å². The zero-order chi connectivity index (χ0) is 87.9. The van der Waals surface area contributed by atoms with Crippen molar-refractivity contribution in [3.05, 3.63) is 410 Å². The first-order chi connectivity index (χ1) is 55.8. The Balaban J connectivity index is 0.000000184. The molecule has 13 rings (SSSR count). The lowest BCUT2D eigenvalue weighted by atomic mass is 9.71. The monoisotopic (exact) mass is 1600 g/mol. The number of carbonyl (C=O) groups is 1. The number of hydrogen-bond acceptors (Lipinski definition) is 4. The van der Waals surface area contributed by atoms with E-state index >= 15 is 0 Å². The molecule has 0 aliphatic carbocycles. The third kappa shape index (κ3) is 23.9. The number of carbonyl (C=O) groups excluding carboxylic acids is 1. The minimum Gasteiger partial charge on any atom is -0.457 e. The minimum absolute atomic E-state index is 0.0983. The van der Waals surface area contributed by atoms with Crippen LogP contribution in [0.3, 0.4) is 0 Å². The van der Waals surface area contributed by atoms with Crippen molar-refractivity contribution in [1.82, 2.24) is 0 Å². The molecule has 0 amide bonds. The minimum atomic E-state index is -5.55. The fourth-order valence-corrected chi connectivity index (χ4v) is 13.4. The first-order valence-corrected chi connectivity index (χ1v) is 40.5. The van der Waals surface area contributed by atoms with E-state index in [0.29, 0.717) is 22.3 Å². The second kappa shape index (κ2) is 39.8. The number of aryl methyl sites for hydroxylation is 24. The Morgan fingerprint density at radius 3 is 0.630 bits per heavy atom. The van der Waals surface area contributed by atoms with Gasteiger partial charge >= 0.3 is 12.4 Å². The molecule has 620 valence electrons. The maximum Gasteiger partial charge on any atom is 0.411 e. The van der Waals surface area contributed by atoms with Crippen LogP contribution in [0.25, 0.3) is 11.1 Å². The fraction of sp³-hybridized carbons (Fsp3) is 0.275. The van der Waals surface area contributed by atoms with Gasteiger partial charge in [0.2, 0.25) is 5.41 Å². The van der Waals surface area contributed by atoms with Crippen molar-refractivity contribution < 1.29 is 45.3 Å². The van der Waals surface area contributed by atoms with Gasteiger partial charge in [-0.1, -0.05) is 172 Å². The predicted octanol–water partition coefficient (Wildman–Crippen LogP) is 31.5. The molecule has 0 spiro atoms. The van der Waals surface area contributed by atoms with Crippen LogP contribution < -0.4 is 14.2 Å². The smallest absolute Gasteiger partial charge is 0.411 e. The number of benzene rings is 13. The Kier molecular flexibility index (Phi) is 31.1. The molecule has 0 aliphatic rings. The number of ether oxygens (including phenoxy) is 3. The van der Waals surface area contributed by atoms with Crippen molar-refractivity contribution in [2.45, 2.75) is 203 Å². The summed E-state index contributed by atoms with van der Waals surface area (Å²) in [5, 5.41) is 0. The van der Waals surface area contributed by atoms with E-state index in [1.54, 1.807) is 13.8 Å². The summed E-state index contributed by atoms with van der Waals surface area (Å²) in [6.07, 6.45) is -11.1. The lowest BCUT2D eigenvalue weighted by Crippen LogP contribution is -2.54. The number of ketones is 1. The molecule has 4 nitrogen and oxygen atoms in total. The highest BCUT2D eigenvalue weighted by Gasteiger charge is 2.72. The molecule has 13 aromatic carbocycles. The summed E-state index contributed by atoms with van der Waals surface area (Å²) in [6.45, 7) is 53.0. The topological polar surface area (TPSA) is 44.8 Å². The van der Waals surface area contributed by atoms with Crippen LogP contribution in [-0.4, -0.2) is 18.1 Å². The van der Waals surface area contributed by atoms with Gasteiger partial charge in [-0.25, -0.2) is 0 Å². The van der Waals surface area contributed by atoms with Gasteiger partial charge in [-0.2, -0.15) is 26.3 Å². The standard InChI is InChI=1S/C31H32O2.C19H18F6.C17H18O.C16H18O.C16H18.C10H14/c1-21-7-13-29(19-23(21)3)32-27-15-9-25(10-16-27)31(5,6)26-11-17-28(18-12-26)33-30-14-8-22(2)24(4)20-30;1-11-5-7-15(9-13(11)3)17(18(20,21)22,19(23,24)25)16-8-6-12(2)14(4)10-16;1-11-5-7-15(9-13(11)3)17(18)16-8-6-12(2)14(4)10-16;1-11-5-7-15(9-13(11)3)17-16-8-6-12(2)14(4)10-16;1-11-5-7-15(9-13(11)3)16-8-6-12(2)14(4)10-16;1-7-5-9(3)10(4)6-8(7)2/h7-20H,1-6H3;5-10H,1-4H3;5-10H,1-4H3;5-10H,1-4H3;5-10H,1-4H3;5-6H,1-4H3. The molecule has 0 heterocycles. The molecule has 0 saturated heterocycles. The maximum atomic E-state index is 14.0. The average molecular weight is 1610 g/mol.